The molecule has 0 fully saturated rings. The zero-order valence-electron chi connectivity index (χ0n) is 11.9. The molecule has 0 aromatic heterocycles. The standard InChI is InChI=1S/C14H20BrNO4/c1-16(7-11(17)9-19-2)8-13(18)10-4-5-14(20-3)12(15)6-10/h4-6,11,17H,7-9H2,1-3H3. The number of carbonyl (C=O) groups excluding carboxylic acids is 1. The van der Waals surface area contributed by atoms with E-state index < -0.39 is 6.10 Å². The highest BCUT2D eigenvalue weighted by Gasteiger charge is 2.14. The third-order valence-electron chi connectivity index (χ3n) is 2.77. The fourth-order valence-corrected chi connectivity index (χ4v) is 2.39. The number of Topliss-reactive ketones (excluding diaryl/α,β-unsaturated/α-hetero) is 1. The number of ketones is 1. The summed E-state index contributed by atoms with van der Waals surface area (Å²) in [6.45, 7) is 0.878. The summed E-state index contributed by atoms with van der Waals surface area (Å²) in [5.74, 6) is 0.672. The topological polar surface area (TPSA) is 59.0 Å². The highest BCUT2D eigenvalue weighted by Crippen LogP contribution is 2.25. The van der Waals surface area contributed by atoms with Crippen LogP contribution in [0.15, 0.2) is 22.7 Å². The van der Waals surface area contributed by atoms with Gasteiger partial charge in [-0.05, 0) is 41.2 Å². The monoisotopic (exact) mass is 345 g/mol. The molecule has 1 rings (SSSR count). The van der Waals surface area contributed by atoms with Gasteiger partial charge in [0.1, 0.15) is 5.75 Å². The van der Waals surface area contributed by atoms with Gasteiger partial charge >= 0.3 is 0 Å². The molecule has 0 saturated carbocycles. The van der Waals surface area contributed by atoms with E-state index in [1.807, 2.05) is 0 Å². The normalized spacial score (nSPS) is 12.5. The third-order valence-corrected chi connectivity index (χ3v) is 3.39. The SMILES string of the molecule is COCC(O)CN(C)CC(=O)c1ccc(OC)c(Br)c1. The Morgan fingerprint density at radius 2 is 2.15 bits per heavy atom. The van der Waals surface area contributed by atoms with Crippen molar-refractivity contribution in [2.75, 3.05) is 41.0 Å². The van der Waals surface area contributed by atoms with Gasteiger partial charge in [0.2, 0.25) is 0 Å². The number of likely N-dealkylation sites (N-methyl/N-ethyl adjacent to an activating group) is 1. The van der Waals surface area contributed by atoms with Crippen LogP contribution in [-0.4, -0.2) is 62.9 Å². The van der Waals surface area contributed by atoms with Crippen LogP contribution in [0.3, 0.4) is 0 Å². The Kier molecular flexibility index (Phi) is 7.15. The lowest BCUT2D eigenvalue weighted by atomic mass is 10.1. The first-order valence-electron chi connectivity index (χ1n) is 6.20. The van der Waals surface area contributed by atoms with Crippen molar-refractivity contribution in [3.8, 4) is 5.75 Å². The number of benzene rings is 1. The molecule has 0 amide bonds. The van der Waals surface area contributed by atoms with E-state index in [0.29, 0.717) is 17.9 Å². The lowest BCUT2D eigenvalue weighted by Crippen LogP contribution is -2.35. The summed E-state index contributed by atoms with van der Waals surface area (Å²) in [6, 6.07) is 5.21. The molecule has 1 unspecified atom stereocenters. The van der Waals surface area contributed by atoms with Crippen LogP contribution in [0.4, 0.5) is 0 Å². The van der Waals surface area contributed by atoms with Crippen molar-refractivity contribution >= 4 is 21.7 Å². The zero-order valence-corrected chi connectivity index (χ0v) is 13.5. The van der Waals surface area contributed by atoms with Crippen LogP contribution >= 0.6 is 15.9 Å². The van der Waals surface area contributed by atoms with Crippen molar-refractivity contribution in [1.29, 1.82) is 0 Å². The molecule has 1 aromatic rings. The quantitative estimate of drug-likeness (QED) is 0.725. The lowest BCUT2D eigenvalue weighted by Gasteiger charge is -2.19. The smallest absolute Gasteiger partial charge is 0.176 e. The van der Waals surface area contributed by atoms with Crippen molar-refractivity contribution in [3.63, 3.8) is 0 Å². The second kappa shape index (κ2) is 8.36. The van der Waals surface area contributed by atoms with Crippen LogP contribution in [0.2, 0.25) is 0 Å². The van der Waals surface area contributed by atoms with Gasteiger partial charge in [-0.1, -0.05) is 0 Å². The fraction of sp³-hybridized carbons (Fsp3) is 0.500. The molecule has 20 heavy (non-hydrogen) atoms. The first-order valence-corrected chi connectivity index (χ1v) is 6.99. The van der Waals surface area contributed by atoms with Gasteiger partial charge in [-0.15, -0.1) is 0 Å². The van der Waals surface area contributed by atoms with E-state index in [9.17, 15) is 9.90 Å². The van der Waals surface area contributed by atoms with Crippen LogP contribution < -0.4 is 4.74 Å². The number of rotatable bonds is 8. The molecular weight excluding hydrogens is 326 g/mol. The van der Waals surface area contributed by atoms with Crippen molar-refractivity contribution < 1.29 is 19.4 Å². The number of hydrogen-bond acceptors (Lipinski definition) is 5. The summed E-state index contributed by atoms with van der Waals surface area (Å²) in [6.07, 6.45) is -0.597. The molecule has 0 aliphatic rings. The van der Waals surface area contributed by atoms with E-state index in [2.05, 4.69) is 15.9 Å². The number of nitrogens with zero attached hydrogens (tertiary/aromatic N) is 1. The summed E-state index contributed by atoms with van der Waals surface area (Å²) in [4.78, 5) is 13.9. The lowest BCUT2D eigenvalue weighted by molar-refractivity contribution is 0.0427. The molecule has 1 aromatic carbocycles. The summed E-state index contributed by atoms with van der Waals surface area (Å²) in [5, 5.41) is 9.61. The summed E-state index contributed by atoms with van der Waals surface area (Å²) in [5.41, 5.74) is 0.603. The van der Waals surface area contributed by atoms with Crippen molar-refractivity contribution in [2.45, 2.75) is 6.10 Å². The van der Waals surface area contributed by atoms with E-state index in [-0.39, 0.29) is 18.9 Å². The first kappa shape index (κ1) is 17.1. The predicted molar refractivity (Wildman–Crippen MR) is 80.4 cm³/mol. The first-order chi connectivity index (χ1) is 9.47. The number of halogens is 1. The molecule has 6 heteroatoms. The van der Waals surface area contributed by atoms with Crippen molar-refractivity contribution in [1.82, 2.24) is 4.90 Å². The number of aliphatic hydroxyl groups excluding tert-OH is 1. The molecule has 0 bridgehead atoms. The number of aliphatic hydroxyl groups is 1. The van der Waals surface area contributed by atoms with Gasteiger partial charge in [0.25, 0.3) is 0 Å². The van der Waals surface area contributed by atoms with Gasteiger partial charge in [0.05, 0.1) is 30.8 Å². The molecule has 0 radical (unpaired) electrons. The summed E-state index contributed by atoms with van der Waals surface area (Å²) < 4.78 is 10.7. The Morgan fingerprint density at radius 3 is 2.70 bits per heavy atom. The van der Waals surface area contributed by atoms with Gasteiger partial charge in [-0.2, -0.15) is 0 Å². The summed E-state index contributed by atoms with van der Waals surface area (Å²) in [7, 11) is 4.89. The minimum absolute atomic E-state index is 0.0135. The molecule has 112 valence electrons. The van der Waals surface area contributed by atoms with Crippen molar-refractivity contribution in [3.05, 3.63) is 28.2 Å². The van der Waals surface area contributed by atoms with E-state index >= 15 is 0 Å². The number of ether oxygens (including phenoxy) is 2. The molecule has 5 nitrogen and oxygen atoms in total. The molecule has 0 aliphatic heterocycles. The van der Waals surface area contributed by atoms with E-state index in [0.717, 1.165) is 4.47 Å². The minimum atomic E-state index is -0.597. The molecule has 0 aliphatic carbocycles. The zero-order chi connectivity index (χ0) is 15.1. The third kappa shape index (κ3) is 5.20. The average molecular weight is 346 g/mol. The van der Waals surface area contributed by atoms with Crippen LogP contribution in [0.5, 0.6) is 5.75 Å². The maximum absolute atomic E-state index is 12.1. The Bertz CT molecular complexity index is 453. The van der Waals surface area contributed by atoms with Crippen LogP contribution in [-0.2, 0) is 4.74 Å². The highest BCUT2D eigenvalue weighted by molar-refractivity contribution is 9.10. The van der Waals surface area contributed by atoms with E-state index in [4.69, 9.17) is 9.47 Å². The molecule has 0 saturated heterocycles. The van der Waals surface area contributed by atoms with Crippen molar-refractivity contribution in [2.24, 2.45) is 0 Å². The van der Waals surface area contributed by atoms with E-state index in [1.54, 1.807) is 37.3 Å². The minimum Gasteiger partial charge on any atom is -0.496 e. The Labute approximate surface area is 127 Å². The molecule has 0 heterocycles. The second-order valence-electron chi connectivity index (χ2n) is 4.58. The Balaban J connectivity index is 2.60. The van der Waals surface area contributed by atoms with Gasteiger partial charge in [-0.25, -0.2) is 0 Å². The molecule has 1 atom stereocenters. The fourth-order valence-electron chi connectivity index (χ4n) is 1.85. The van der Waals surface area contributed by atoms with E-state index in [1.165, 1.54) is 7.11 Å². The van der Waals surface area contributed by atoms with Gasteiger partial charge in [0, 0.05) is 19.2 Å². The van der Waals surface area contributed by atoms with Crippen LogP contribution in [0.1, 0.15) is 10.4 Å². The maximum Gasteiger partial charge on any atom is 0.176 e. The highest BCUT2D eigenvalue weighted by atomic mass is 79.9. The number of carbonyl (C=O) groups is 1. The van der Waals surface area contributed by atoms with Gasteiger partial charge < -0.3 is 14.6 Å². The Morgan fingerprint density at radius 1 is 1.45 bits per heavy atom. The van der Waals surface area contributed by atoms with Gasteiger partial charge in [0.15, 0.2) is 5.78 Å². The average Bonchev–Trinajstić information content (AvgIpc) is 2.38. The Hall–Kier alpha value is -0.950. The maximum atomic E-state index is 12.1. The summed E-state index contributed by atoms with van der Waals surface area (Å²) >= 11 is 3.36. The number of hydrogen-bond donors (Lipinski definition) is 1. The molecular formula is C14H20BrNO4. The number of methoxy groups -OCH3 is 2. The van der Waals surface area contributed by atoms with Crippen LogP contribution in [0, 0.1) is 0 Å². The predicted octanol–water partition coefficient (Wildman–Crippen LogP) is 1.58. The second-order valence-corrected chi connectivity index (χ2v) is 5.43. The van der Waals surface area contributed by atoms with Gasteiger partial charge in [-0.3, -0.25) is 9.69 Å². The molecule has 1 N–H and O–H groups in total. The molecule has 0 spiro atoms. The van der Waals surface area contributed by atoms with Crippen LogP contribution in [0.25, 0.3) is 0 Å². The largest absolute Gasteiger partial charge is 0.496 e.